The van der Waals surface area contributed by atoms with Crippen molar-refractivity contribution >= 4 is 11.8 Å². The summed E-state index contributed by atoms with van der Waals surface area (Å²) in [6, 6.07) is 10.9. The maximum absolute atomic E-state index is 13.6. The van der Waals surface area contributed by atoms with E-state index in [1.807, 2.05) is 12.1 Å². The third kappa shape index (κ3) is 4.32. The van der Waals surface area contributed by atoms with E-state index in [-0.39, 0.29) is 30.5 Å². The zero-order chi connectivity index (χ0) is 19.4. The molecule has 2 aromatic rings. The second-order valence-corrected chi connectivity index (χ2v) is 6.74. The third-order valence-electron chi connectivity index (χ3n) is 5.00. The molecule has 0 bridgehead atoms. The highest BCUT2D eigenvalue weighted by atomic mass is 19.1. The van der Waals surface area contributed by atoms with E-state index in [9.17, 15) is 18.4 Å². The van der Waals surface area contributed by atoms with Crippen LogP contribution < -0.4 is 5.32 Å². The van der Waals surface area contributed by atoms with Gasteiger partial charge in [-0.1, -0.05) is 24.3 Å². The van der Waals surface area contributed by atoms with Gasteiger partial charge >= 0.3 is 0 Å². The summed E-state index contributed by atoms with van der Waals surface area (Å²) in [5.41, 5.74) is 2.21. The van der Waals surface area contributed by atoms with Crippen molar-refractivity contribution in [2.45, 2.75) is 31.7 Å². The number of fused-ring (bicyclic) bond motifs is 1. The summed E-state index contributed by atoms with van der Waals surface area (Å²) in [7, 11) is 1.77. The molecule has 27 heavy (non-hydrogen) atoms. The summed E-state index contributed by atoms with van der Waals surface area (Å²) in [5.74, 6) is -2.41. The second kappa shape index (κ2) is 8.29. The predicted molar refractivity (Wildman–Crippen MR) is 98.2 cm³/mol. The molecule has 0 aliphatic heterocycles. The number of halogens is 2. The number of amides is 2. The van der Waals surface area contributed by atoms with Crippen LogP contribution in [0.25, 0.3) is 0 Å². The molecule has 142 valence electrons. The van der Waals surface area contributed by atoms with Crippen molar-refractivity contribution in [3.63, 3.8) is 0 Å². The van der Waals surface area contributed by atoms with Crippen LogP contribution in [0, 0.1) is 11.6 Å². The number of carbonyl (C=O) groups excluding carboxylic acids is 2. The van der Waals surface area contributed by atoms with Crippen LogP contribution in [0.1, 0.15) is 46.8 Å². The molecule has 0 unspecified atom stereocenters. The number of nitrogens with one attached hydrogen (secondary N) is 1. The van der Waals surface area contributed by atoms with Crippen molar-refractivity contribution in [1.82, 2.24) is 10.2 Å². The zero-order valence-electron chi connectivity index (χ0n) is 15.2. The molecule has 4 nitrogen and oxygen atoms in total. The van der Waals surface area contributed by atoms with E-state index in [0.717, 1.165) is 31.4 Å². The van der Waals surface area contributed by atoms with Crippen molar-refractivity contribution in [2.75, 3.05) is 13.6 Å². The molecular weight excluding hydrogens is 350 g/mol. The Bertz CT molecular complexity index is 854. The molecule has 0 radical (unpaired) electrons. The molecule has 0 aromatic heterocycles. The normalized spacial score (nSPS) is 15.7. The average Bonchev–Trinajstić information content (AvgIpc) is 2.66. The van der Waals surface area contributed by atoms with Gasteiger partial charge in [0.2, 0.25) is 5.91 Å². The van der Waals surface area contributed by atoms with Crippen LogP contribution in [0.2, 0.25) is 0 Å². The van der Waals surface area contributed by atoms with E-state index in [0.29, 0.717) is 6.07 Å². The van der Waals surface area contributed by atoms with Crippen LogP contribution >= 0.6 is 0 Å². The van der Waals surface area contributed by atoms with Gasteiger partial charge in [0.05, 0.1) is 11.6 Å². The first-order chi connectivity index (χ1) is 13.0. The largest absolute Gasteiger partial charge is 0.351 e. The Hall–Kier alpha value is -2.76. The molecule has 1 atom stereocenters. The summed E-state index contributed by atoms with van der Waals surface area (Å²) in [6.45, 7) is 0.0905. The molecule has 2 aromatic carbocycles. The fourth-order valence-electron chi connectivity index (χ4n) is 3.53. The van der Waals surface area contributed by atoms with Gasteiger partial charge in [0.15, 0.2) is 0 Å². The first kappa shape index (κ1) is 19.0. The van der Waals surface area contributed by atoms with Crippen molar-refractivity contribution in [2.24, 2.45) is 0 Å². The number of carbonyl (C=O) groups is 2. The quantitative estimate of drug-likeness (QED) is 0.872. The van der Waals surface area contributed by atoms with Crippen LogP contribution in [-0.4, -0.2) is 30.3 Å². The Kier molecular flexibility index (Phi) is 5.84. The average molecular weight is 372 g/mol. The van der Waals surface area contributed by atoms with Crippen molar-refractivity contribution in [3.8, 4) is 0 Å². The minimum Gasteiger partial charge on any atom is -0.351 e. The zero-order valence-corrected chi connectivity index (χ0v) is 15.2. The predicted octanol–water partition coefficient (Wildman–Crippen LogP) is 3.62. The van der Waals surface area contributed by atoms with Crippen molar-refractivity contribution in [1.29, 1.82) is 0 Å². The molecule has 3 rings (SSSR count). The maximum Gasteiger partial charge on any atom is 0.254 e. The molecule has 0 fully saturated rings. The summed E-state index contributed by atoms with van der Waals surface area (Å²) in [4.78, 5) is 26.3. The highest BCUT2D eigenvalue weighted by molar-refractivity contribution is 5.94. The number of hydrogen-bond donors (Lipinski definition) is 1. The summed E-state index contributed by atoms with van der Waals surface area (Å²) >= 11 is 0. The lowest BCUT2D eigenvalue weighted by molar-refractivity contribution is -0.132. The first-order valence-electron chi connectivity index (χ1n) is 9.04. The van der Waals surface area contributed by atoms with Crippen LogP contribution in [0.15, 0.2) is 42.5 Å². The summed E-state index contributed by atoms with van der Waals surface area (Å²) in [5, 5.41) is 2.52. The number of aryl methyl sites for hydroxylation is 1. The number of rotatable bonds is 5. The molecule has 1 aliphatic carbocycles. The van der Waals surface area contributed by atoms with Crippen LogP contribution in [-0.2, 0) is 11.2 Å². The van der Waals surface area contributed by atoms with E-state index in [1.165, 1.54) is 11.1 Å². The second-order valence-electron chi connectivity index (χ2n) is 6.74. The Morgan fingerprint density at radius 3 is 2.74 bits per heavy atom. The summed E-state index contributed by atoms with van der Waals surface area (Å²) in [6.07, 6.45) is 3.07. The highest BCUT2D eigenvalue weighted by Gasteiger charge is 2.26. The van der Waals surface area contributed by atoms with Gasteiger partial charge in [-0.25, -0.2) is 8.78 Å². The van der Waals surface area contributed by atoms with E-state index in [1.54, 1.807) is 11.9 Å². The van der Waals surface area contributed by atoms with Crippen LogP contribution in [0.3, 0.4) is 0 Å². The molecule has 0 heterocycles. The monoisotopic (exact) mass is 372 g/mol. The lowest BCUT2D eigenvalue weighted by atomic mass is 9.87. The summed E-state index contributed by atoms with van der Waals surface area (Å²) < 4.78 is 26.5. The molecule has 2 amide bonds. The standard InChI is InChI=1S/C21H22F2N2O2/c1-25(19-8-4-6-14-5-2-3-7-16(14)19)20(26)11-12-24-21(27)17-10-9-15(22)13-18(17)23/h2-3,5,7,9-10,13,19H,4,6,8,11-12H2,1H3,(H,24,27)/t19-/m0/s1. The van der Waals surface area contributed by atoms with E-state index in [2.05, 4.69) is 17.4 Å². The highest BCUT2D eigenvalue weighted by Crippen LogP contribution is 2.33. The maximum atomic E-state index is 13.6. The van der Waals surface area contributed by atoms with Gasteiger partial charge in [0.25, 0.3) is 5.91 Å². The molecule has 0 spiro atoms. The SMILES string of the molecule is CN(C(=O)CCNC(=O)c1ccc(F)cc1F)[C@H]1CCCc2ccccc21. The fraction of sp³-hybridized carbons (Fsp3) is 0.333. The van der Waals surface area contributed by atoms with E-state index < -0.39 is 17.5 Å². The van der Waals surface area contributed by atoms with Gasteiger partial charge in [0.1, 0.15) is 11.6 Å². The Morgan fingerprint density at radius 1 is 1.19 bits per heavy atom. The molecule has 1 N–H and O–H groups in total. The molecule has 6 heteroatoms. The first-order valence-corrected chi connectivity index (χ1v) is 9.04. The van der Waals surface area contributed by atoms with Gasteiger partial charge in [0, 0.05) is 26.1 Å². The van der Waals surface area contributed by atoms with Crippen molar-refractivity contribution < 1.29 is 18.4 Å². The van der Waals surface area contributed by atoms with E-state index >= 15 is 0 Å². The molecule has 1 aliphatic rings. The minimum atomic E-state index is -0.922. The van der Waals surface area contributed by atoms with Gasteiger partial charge in [-0.3, -0.25) is 9.59 Å². The van der Waals surface area contributed by atoms with Gasteiger partial charge in [-0.2, -0.15) is 0 Å². The lowest BCUT2D eigenvalue weighted by Crippen LogP contribution is -2.36. The fourth-order valence-corrected chi connectivity index (χ4v) is 3.53. The smallest absolute Gasteiger partial charge is 0.254 e. The third-order valence-corrected chi connectivity index (χ3v) is 5.00. The van der Waals surface area contributed by atoms with Gasteiger partial charge in [-0.05, 0) is 42.5 Å². The van der Waals surface area contributed by atoms with Gasteiger partial charge in [-0.15, -0.1) is 0 Å². The van der Waals surface area contributed by atoms with Crippen molar-refractivity contribution in [3.05, 3.63) is 70.8 Å². The molecular formula is C21H22F2N2O2. The molecule has 0 saturated heterocycles. The van der Waals surface area contributed by atoms with Crippen LogP contribution in [0.4, 0.5) is 8.78 Å². The molecule has 0 saturated carbocycles. The lowest BCUT2D eigenvalue weighted by Gasteiger charge is -2.33. The topological polar surface area (TPSA) is 49.4 Å². The Labute approximate surface area is 157 Å². The van der Waals surface area contributed by atoms with Crippen LogP contribution in [0.5, 0.6) is 0 Å². The number of nitrogens with zero attached hydrogens (tertiary/aromatic N) is 1. The number of benzene rings is 2. The Balaban J connectivity index is 1.56. The minimum absolute atomic E-state index is 0.0349. The van der Waals surface area contributed by atoms with E-state index in [4.69, 9.17) is 0 Å². The Morgan fingerprint density at radius 2 is 1.96 bits per heavy atom. The number of hydrogen-bond acceptors (Lipinski definition) is 2. The van der Waals surface area contributed by atoms with Gasteiger partial charge < -0.3 is 10.2 Å².